The minimum absolute atomic E-state index is 0.759. The molecule has 0 aromatic carbocycles. The first-order chi connectivity index (χ1) is 5.75. The predicted molar refractivity (Wildman–Crippen MR) is 53.2 cm³/mol. The highest BCUT2D eigenvalue weighted by molar-refractivity contribution is 5.54. The Morgan fingerprint density at radius 1 is 1.58 bits per heavy atom. The molecule has 0 amide bonds. The van der Waals surface area contributed by atoms with Crippen molar-refractivity contribution in [2.45, 2.75) is 20.8 Å². The van der Waals surface area contributed by atoms with Gasteiger partial charge in [-0.15, -0.1) is 0 Å². The zero-order chi connectivity index (χ0) is 9.56. The van der Waals surface area contributed by atoms with Crippen molar-refractivity contribution < 1.29 is 0 Å². The van der Waals surface area contributed by atoms with Gasteiger partial charge in [0, 0.05) is 19.1 Å². The van der Waals surface area contributed by atoms with Gasteiger partial charge in [0.2, 0.25) is 0 Å². The Bertz CT molecular complexity index is 260. The van der Waals surface area contributed by atoms with Crippen LogP contribution in [0, 0.1) is 0 Å². The molecule has 0 aliphatic heterocycles. The fourth-order valence-electron chi connectivity index (χ4n) is 0.717. The average molecular weight is 165 g/mol. The highest BCUT2D eigenvalue weighted by atomic mass is 15.4. The summed E-state index contributed by atoms with van der Waals surface area (Å²) in [6.45, 7) is 13.0. The van der Waals surface area contributed by atoms with E-state index < -0.39 is 0 Å². The summed E-state index contributed by atoms with van der Waals surface area (Å²) in [5.74, 6) is 0.759. The molecule has 1 rings (SSSR count). The predicted octanol–water partition coefficient (Wildman–Crippen LogP) is 2.41. The maximum Gasteiger partial charge on any atom is 0.155 e. The molecule has 0 saturated heterocycles. The molecule has 3 nitrogen and oxygen atoms in total. The van der Waals surface area contributed by atoms with E-state index in [4.69, 9.17) is 0 Å². The number of aromatic nitrogens is 2. The largest absolute Gasteiger partial charge is 0.235 e. The molecule has 0 unspecified atom stereocenters. The molecule has 3 heteroatoms. The normalized spacial score (nSPS) is 8.25. The van der Waals surface area contributed by atoms with Crippen LogP contribution < -0.4 is 0 Å². The van der Waals surface area contributed by atoms with E-state index in [2.05, 4.69) is 23.4 Å². The Morgan fingerprint density at radius 3 is 2.50 bits per heavy atom. The maximum absolute atomic E-state index is 4.02. The lowest BCUT2D eigenvalue weighted by atomic mass is 10.3. The van der Waals surface area contributed by atoms with Crippen molar-refractivity contribution in [3.63, 3.8) is 0 Å². The van der Waals surface area contributed by atoms with Crippen LogP contribution in [0.25, 0.3) is 5.57 Å². The second-order valence-electron chi connectivity index (χ2n) is 2.02. The molecule has 0 radical (unpaired) electrons. The molecule has 0 spiro atoms. The molecular formula is C9H15N3. The van der Waals surface area contributed by atoms with Crippen LogP contribution in [0.2, 0.25) is 0 Å². The SMILES string of the molecule is C=Nn1ccnc1C(=C)C.CC. The molecule has 0 bridgehead atoms. The lowest BCUT2D eigenvalue weighted by Crippen LogP contribution is -1.91. The van der Waals surface area contributed by atoms with Crippen LogP contribution in [-0.2, 0) is 0 Å². The molecule has 12 heavy (non-hydrogen) atoms. The zero-order valence-corrected chi connectivity index (χ0v) is 7.91. The van der Waals surface area contributed by atoms with Crippen LogP contribution in [0.5, 0.6) is 0 Å². The Hall–Kier alpha value is -1.38. The van der Waals surface area contributed by atoms with Gasteiger partial charge in [0.05, 0.1) is 0 Å². The zero-order valence-electron chi connectivity index (χ0n) is 7.91. The first-order valence-corrected chi connectivity index (χ1v) is 3.92. The first-order valence-electron chi connectivity index (χ1n) is 3.92. The highest BCUT2D eigenvalue weighted by Crippen LogP contribution is 2.07. The molecule has 0 saturated carbocycles. The minimum atomic E-state index is 0.759. The first kappa shape index (κ1) is 10.6. The van der Waals surface area contributed by atoms with Gasteiger partial charge in [0.1, 0.15) is 0 Å². The smallest absolute Gasteiger partial charge is 0.155 e. The number of allylic oxidation sites excluding steroid dienone is 1. The van der Waals surface area contributed by atoms with E-state index in [0.29, 0.717) is 0 Å². The summed E-state index contributed by atoms with van der Waals surface area (Å²) in [5, 5.41) is 3.70. The van der Waals surface area contributed by atoms with Crippen molar-refractivity contribution in [3.8, 4) is 0 Å². The van der Waals surface area contributed by atoms with E-state index in [-0.39, 0.29) is 0 Å². The van der Waals surface area contributed by atoms with Crippen LogP contribution >= 0.6 is 0 Å². The Morgan fingerprint density at radius 2 is 2.17 bits per heavy atom. The summed E-state index contributed by atoms with van der Waals surface area (Å²) in [6.07, 6.45) is 3.40. The van der Waals surface area contributed by atoms with Gasteiger partial charge in [-0.3, -0.25) is 0 Å². The van der Waals surface area contributed by atoms with Gasteiger partial charge >= 0.3 is 0 Å². The molecule has 1 aromatic heterocycles. The van der Waals surface area contributed by atoms with Gasteiger partial charge in [0.15, 0.2) is 5.82 Å². The summed E-state index contributed by atoms with van der Waals surface area (Å²) < 4.78 is 1.59. The topological polar surface area (TPSA) is 30.2 Å². The quantitative estimate of drug-likeness (QED) is 0.619. The lowest BCUT2D eigenvalue weighted by molar-refractivity contribution is 0.864. The van der Waals surface area contributed by atoms with Crippen LogP contribution in [0.4, 0.5) is 0 Å². The number of hydrogen-bond donors (Lipinski definition) is 0. The summed E-state index contributed by atoms with van der Waals surface area (Å²) >= 11 is 0. The molecule has 66 valence electrons. The van der Waals surface area contributed by atoms with Gasteiger partial charge in [-0.25, -0.2) is 9.66 Å². The van der Waals surface area contributed by atoms with E-state index in [9.17, 15) is 0 Å². The monoisotopic (exact) mass is 165 g/mol. The molecular weight excluding hydrogens is 150 g/mol. The summed E-state index contributed by atoms with van der Waals surface area (Å²) in [7, 11) is 0. The van der Waals surface area contributed by atoms with Crippen molar-refractivity contribution in [1.29, 1.82) is 0 Å². The third kappa shape index (κ3) is 2.34. The molecule has 0 fully saturated rings. The van der Waals surface area contributed by atoms with Crippen LogP contribution in [0.3, 0.4) is 0 Å². The van der Waals surface area contributed by atoms with Crippen molar-refractivity contribution in [2.24, 2.45) is 5.10 Å². The number of hydrogen-bond acceptors (Lipinski definition) is 2. The average Bonchev–Trinajstić information content (AvgIpc) is 2.55. The third-order valence-corrected chi connectivity index (χ3v) is 1.16. The Labute approximate surface area is 73.4 Å². The second-order valence-corrected chi connectivity index (χ2v) is 2.02. The van der Waals surface area contributed by atoms with Gasteiger partial charge in [0.25, 0.3) is 0 Å². The standard InChI is InChI=1S/C7H9N3.C2H6/c1-6(2)7-9-4-5-10(7)8-3;1-2/h4-5H,1,3H2,2H3;1-2H3. The lowest BCUT2D eigenvalue weighted by Gasteiger charge is -1.96. The molecule has 0 aliphatic carbocycles. The highest BCUT2D eigenvalue weighted by Gasteiger charge is 1.98. The van der Waals surface area contributed by atoms with Crippen molar-refractivity contribution >= 4 is 12.3 Å². The third-order valence-electron chi connectivity index (χ3n) is 1.16. The number of imidazole rings is 1. The fraction of sp³-hybridized carbons (Fsp3) is 0.333. The van der Waals surface area contributed by atoms with E-state index in [0.717, 1.165) is 11.4 Å². The van der Waals surface area contributed by atoms with Crippen molar-refractivity contribution in [2.75, 3.05) is 0 Å². The van der Waals surface area contributed by atoms with Crippen LogP contribution in [-0.4, -0.2) is 16.4 Å². The maximum atomic E-state index is 4.02. The second kappa shape index (κ2) is 5.29. The van der Waals surface area contributed by atoms with Gasteiger partial charge in [-0.05, 0) is 12.5 Å². The summed E-state index contributed by atoms with van der Waals surface area (Å²) in [5.41, 5.74) is 0.886. The van der Waals surface area contributed by atoms with E-state index in [1.807, 2.05) is 20.8 Å². The fourth-order valence-corrected chi connectivity index (χ4v) is 0.717. The van der Waals surface area contributed by atoms with Gasteiger partial charge < -0.3 is 0 Å². The Kier molecular flexibility index (Phi) is 4.69. The summed E-state index contributed by atoms with van der Waals surface area (Å²) in [4.78, 5) is 4.02. The van der Waals surface area contributed by atoms with E-state index in [1.165, 1.54) is 0 Å². The molecule has 1 aromatic rings. The molecule has 1 heterocycles. The summed E-state index contributed by atoms with van der Waals surface area (Å²) in [6, 6.07) is 0. The number of rotatable bonds is 2. The molecule has 0 atom stereocenters. The Balaban J connectivity index is 0.000000561. The van der Waals surface area contributed by atoms with Gasteiger partial charge in [-0.2, -0.15) is 5.10 Å². The van der Waals surface area contributed by atoms with Crippen LogP contribution in [0.1, 0.15) is 26.6 Å². The van der Waals surface area contributed by atoms with E-state index in [1.54, 1.807) is 17.1 Å². The number of nitrogens with zero attached hydrogens (tertiary/aromatic N) is 3. The van der Waals surface area contributed by atoms with Crippen LogP contribution in [0.15, 0.2) is 24.1 Å². The minimum Gasteiger partial charge on any atom is -0.235 e. The van der Waals surface area contributed by atoms with E-state index >= 15 is 0 Å². The molecule has 0 N–H and O–H groups in total. The van der Waals surface area contributed by atoms with Crippen molar-refractivity contribution in [1.82, 2.24) is 9.66 Å². The molecule has 0 aliphatic rings. The van der Waals surface area contributed by atoms with Gasteiger partial charge in [-0.1, -0.05) is 20.4 Å². The van der Waals surface area contributed by atoms with Crippen molar-refractivity contribution in [3.05, 3.63) is 24.8 Å².